The molecule has 2 aromatic heterocycles. The lowest BCUT2D eigenvalue weighted by molar-refractivity contribution is 0.102. The minimum atomic E-state index is -0.242. The Hall–Kier alpha value is -3.67. The third-order valence-electron chi connectivity index (χ3n) is 4.52. The van der Waals surface area contributed by atoms with Crippen LogP contribution in [0.5, 0.6) is 5.75 Å². The number of aryl methyl sites for hydroxylation is 1. The number of rotatable bonds is 5. The second-order valence-electron chi connectivity index (χ2n) is 6.58. The highest BCUT2D eigenvalue weighted by atomic mass is 16.5. The molecule has 0 atom stereocenters. The van der Waals surface area contributed by atoms with Gasteiger partial charge in [0.2, 0.25) is 0 Å². The summed E-state index contributed by atoms with van der Waals surface area (Å²) in [7, 11) is 1.58. The number of nitrogens with one attached hydrogen (secondary N) is 1. The van der Waals surface area contributed by atoms with Crippen molar-refractivity contribution in [2.75, 3.05) is 12.4 Å². The Kier molecular flexibility index (Phi) is 4.76. The Morgan fingerprint density at radius 2 is 1.93 bits per heavy atom. The van der Waals surface area contributed by atoms with Gasteiger partial charge in [-0.05, 0) is 36.2 Å². The number of hydrogen-bond donors (Lipinski definition) is 1. The second kappa shape index (κ2) is 7.52. The Morgan fingerprint density at radius 3 is 2.71 bits per heavy atom. The van der Waals surface area contributed by atoms with E-state index in [1.807, 2.05) is 60.1 Å². The third kappa shape index (κ3) is 3.57. The predicted molar refractivity (Wildman–Crippen MR) is 109 cm³/mol. The maximum atomic E-state index is 12.7. The summed E-state index contributed by atoms with van der Waals surface area (Å²) < 4.78 is 7.15. The first-order valence-corrected chi connectivity index (χ1v) is 8.95. The summed E-state index contributed by atoms with van der Waals surface area (Å²) >= 11 is 0. The fourth-order valence-electron chi connectivity index (χ4n) is 3.08. The van der Waals surface area contributed by atoms with Crippen LogP contribution in [0.2, 0.25) is 0 Å². The van der Waals surface area contributed by atoms with E-state index in [0.717, 1.165) is 22.2 Å². The number of carbonyl (C=O) groups is 1. The normalized spacial score (nSPS) is 10.8. The molecule has 28 heavy (non-hydrogen) atoms. The summed E-state index contributed by atoms with van der Waals surface area (Å²) in [5, 5.41) is 8.13. The molecule has 0 fully saturated rings. The molecule has 2 heterocycles. The monoisotopic (exact) mass is 372 g/mol. The summed E-state index contributed by atoms with van der Waals surface area (Å²) in [4.78, 5) is 17.2. The molecule has 1 amide bonds. The smallest absolute Gasteiger partial charge is 0.257 e. The zero-order valence-corrected chi connectivity index (χ0v) is 15.7. The molecule has 0 aliphatic heterocycles. The van der Waals surface area contributed by atoms with Gasteiger partial charge in [-0.3, -0.25) is 4.79 Å². The fourth-order valence-corrected chi connectivity index (χ4v) is 3.08. The van der Waals surface area contributed by atoms with Crippen molar-refractivity contribution >= 4 is 22.6 Å². The van der Waals surface area contributed by atoms with Gasteiger partial charge in [-0.2, -0.15) is 5.10 Å². The van der Waals surface area contributed by atoms with Crippen LogP contribution in [0, 0.1) is 6.92 Å². The lowest BCUT2D eigenvalue weighted by atomic mass is 10.2. The van der Waals surface area contributed by atoms with Crippen LogP contribution in [-0.4, -0.2) is 27.8 Å². The van der Waals surface area contributed by atoms with Crippen molar-refractivity contribution < 1.29 is 9.53 Å². The second-order valence-corrected chi connectivity index (χ2v) is 6.58. The average Bonchev–Trinajstić information content (AvgIpc) is 3.11. The summed E-state index contributed by atoms with van der Waals surface area (Å²) in [5.41, 5.74) is 4.02. The molecular formula is C22H20N4O2. The van der Waals surface area contributed by atoms with Gasteiger partial charge >= 0.3 is 0 Å². The molecule has 0 saturated heterocycles. The predicted octanol–water partition coefficient (Wildman–Crippen LogP) is 4.05. The van der Waals surface area contributed by atoms with Crippen LogP contribution in [0.4, 0.5) is 5.69 Å². The molecular weight excluding hydrogens is 352 g/mol. The number of hydrogen-bond acceptors (Lipinski definition) is 4. The molecule has 0 spiro atoms. The van der Waals surface area contributed by atoms with Crippen LogP contribution in [0.15, 0.2) is 67.0 Å². The molecule has 0 aliphatic rings. The van der Waals surface area contributed by atoms with Crippen molar-refractivity contribution in [2.45, 2.75) is 13.5 Å². The van der Waals surface area contributed by atoms with Gasteiger partial charge in [0.05, 0.1) is 31.1 Å². The number of methoxy groups -OCH3 is 1. The van der Waals surface area contributed by atoms with Gasteiger partial charge in [0.1, 0.15) is 5.75 Å². The number of amides is 1. The number of benzene rings is 2. The number of carbonyl (C=O) groups excluding carboxylic acids is 1. The number of fused-ring (bicyclic) bond motifs is 1. The maximum Gasteiger partial charge on any atom is 0.257 e. The highest BCUT2D eigenvalue weighted by molar-refractivity contribution is 6.06. The molecule has 0 aliphatic carbocycles. The van der Waals surface area contributed by atoms with Crippen LogP contribution in [0.3, 0.4) is 0 Å². The van der Waals surface area contributed by atoms with E-state index in [-0.39, 0.29) is 5.91 Å². The van der Waals surface area contributed by atoms with Crippen molar-refractivity contribution in [3.8, 4) is 5.75 Å². The molecule has 2 aromatic carbocycles. The van der Waals surface area contributed by atoms with E-state index >= 15 is 0 Å². The van der Waals surface area contributed by atoms with Crippen molar-refractivity contribution in [1.82, 2.24) is 14.8 Å². The van der Waals surface area contributed by atoms with E-state index in [1.54, 1.807) is 25.6 Å². The van der Waals surface area contributed by atoms with Crippen LogP contribution >= 0.6 is 0 Å². The lowest BCUT2D eigenvalue weighted by Crippen LogP contribution is -2.13. The number of aromatic nitrogens is 3. The van der Waals surface area contributed by atoms with Crippen molar-refractivity contribution in [2.24, 2.45) is 0 Å². The first-order chi connectivity index (χ1) is 13.6. The van der Waals surface area contributed by atoms with Crippen LogP contribution in [0.1, 0.15) is 21.5 Å². The number of pyridine rings is 1. The highest BCUT2D eigenvalue weighted by Crippen LogP contribution is 2.26. The first kappa shape index (κ1) is 17.7. The first-order valence-electron chi connectivity index (χ1n) is 8.95. The van der Waals surface area contributed by atoms with Crippen LogP contribution < -0.4 is 10.1 Å². The summed E-state index contributed by atoms with van der Waals surface area (Å²) in [6, 6.07) is 17.5. The van der Waals surface area contributed by atoms with E-state index in [9.17, 15) is 4.79 Å². The lowest BCUT2D eigenvalue weighted by Gasteiger charge is -2.11. The third-order valence-corrected chi connectivity index (χ3v) is 4.52. The van der Waals surface area contributed by atoms with Crippen molar-refractivity contribution in [1.29, 1.82) is 0 Å². The number of anilines is 1. The summed E-state index contributed by atoms with van der Waals surface area (Å²) in [6.45, 7) is 2.59. The molecule has 6 nitrogen and oxygen atoms in total. The highest BCUT2D eigenvalue weighted by Gasteiger charge is 2.13. The Bertz CT molecular complexity index is 1140. The molecule has 140 valence electrons. The molecule has 6 heteroatoms. The Labute approximate surface area is 162 Å². The molecule has 0 saturated carbocycles. The van der Waals surface area contributed by atoms with Gasteiger partial charge in [0.15, 0.2) is 5.65 Å². The number of ether oxygens (including phenoxy) is 1. The minimum absolute atomic E-state index is 0.242. The summed E-state index contributed by atoms with van der Waals surface area (Å²) in [5.74, 6) is 0.373. The Morgan fingerprint density at radius 1 is 1.11 bits per heavy atom. The van der Waals surface area contributed by atoms with E-state index < -0.39 is 0 Å². The maximum absolute atomic E-state index is 12.7. The number of nitrogens with zero attached hydrogens (tertiary/aromatic N) is 3. The Balaban J connectivity index is 1.58. The van der Waals surface area contributed by atoms with Gasteiger partial charge in [0.25, 0.3) is 5.91 Å². The fraction of sp³-hybridized carbons (Fsp3) is 0.136. The molecule has 0 bridgehead atoms. The molecule has 0 unspecified atom stereocenters. The van der Waals surface area contributed by atoms with E-state index in [2.05, 4.69) is 15.4 Å². The minimum Gasteiger partial charge on any atom is -0.495 e. The molecule has 4 aromatic rings. The van der Waals surface area contributed by atoms with Crippen LogP contribution in [-0.2, 0) is 6.54 Å². The quantitative estimate of drug-likeness (QED) is 0.574. The topological polar surface area (TPSA) is 69.0 Å². The van der Waals surface area contributed by atoms with Gasteiger partial charge in [-0.25, -0.2) is 9.67 Å². The molecule has 0 radical (unpaired) electrons. The van der Waals surface area contributed by atoms with Gasteiger partial charge in [-0.1, -0.05) is 36.4 Å². The van der Waals surface area contributed by atoms with Crippen LogP contribution in [0.25, 0.3) is 11.0 Å². The SMILES string of the molecule is COc1ccc(C)cc1NC(=O)c1cnc2c(cnn2Cc2ccccc2)c1. The van der Waals surface area contributed by atoms with Gasteiger partial charge < -0.3 is 10.1 Å². The summed E-state index contributed by atoms with van der Waals surface area (Å²) in [6.07, 6.45) is 3.30. The van der Waals surface area contributed by atoms with Crippen molar-refractivity contribution in [3.05, 3.63) is 83.7 Å². The zero-order valence-electron chi connectivity index (χ0n) is 15.7. The van der Waals surface area contributed by atoms with Crippen molar-refractivity contribution in [3.63, 3.8) is 0 Å². The van der Waals surface area contributed by atoms with E-state index in [4.69, 9.17) is 4.74 Å². The molecule has 1 N–H and O–H groups in total. The molecule has 4 rings (SSSR count). The van der Waals surface area contributed by atoms with E-state index in [0.29, 0.717) is 23.5 Å². The standard InChI is InChI=1S/C22H20N4O2/c1-15-8-9-20(28-2)19(10-15)25-22(27)18-11-17-13-24-26(21(17)23-12-18)14-16-6-4-3-5-7-16/h3-13H,14H2,1-2H3,(H,25,27). The van der Waals surface area contributed by atoms with Gasteiger partial charge in [-0.15, -0.1) is 0 Å². The average molecular weight is 372 g/mol. The van der Waals surface area contributed by atoms with E-state index in [1.165, 1.54) is 0 Å². The largest absolute Gasteiger partial charge is 0.495 e. The zero-order chi connectivity index (χ0) is 19.5. The van der Waals surface area contributed by atoms with Gasteiger partial charge in [0, 0.05) is 11.6 Å².